The predicted octanol–water partition coefficient (Wildman–Crippen LogP) is 2.44. The number of hydrogen-bond acceptors (Lipinski definition) is 3. The number of anilines is 1. The summed E-state index contributed by atoms with van der Waals surface area (Å²) in [5.41, 5.74) is 3.46. The highest BCUT2D eigenvalue weighted by Gasteiger charge is 2.41. The number of carbonyl (C=O) groups excluding carboxylic acids is 2. The Bertz CT molecular complexity index is 627. The molecule has 6 heteroatoms. The first-order chi connectivity index (χ1) is 11.2. The molecule has 0 aromatic heterocycles. The van der Waals surface area contributed by atoms with Crippen LogP contribution in [0.3, 0.4) is 0 Å². The van der Waals surface area contributed by atoms with Crippen LogP contribution in [0.5, 0.6) is 5.75 Å². The molecule has 122 valence electrons. The van der Waals surface area contributed by atoms with Gasteiger partial charge in [0.15, 0.2) is 0 Å². The highest BCUT2D eigenvalue weighted by Crippen LogP contribution is 2.35. The molecule has 0 bridgehead atoms. The fraction of sp³-hybridized carbons (Fsp3) is 0.529. The minimum Gasteiger partial charge on any atom is -0.488 e. The number of para-hydroxylation sites is 2. The molecule has 4 rings (SSSR count). The molecule has 3 aliphatic rings. The number of nitrogens with zero attached hydrogens (tertiary/aromatic N) is 2. The second-order valence-corrected chi connectivity index (χ2v) is 6.48. The maximum absolute atomic E-state index is 12.7. The lowest BCUT2D eigenvalue weighted by atomic mass is 10.1. The lowest BCUT2D eigenvalue weighted by Gasteiger charge is -2.37. The van der Waals surface area contributed by atoms with E-state index in [1.807, 2.05) is 24.3 Å². The monoisotopic (exact) mass is 315 g/mol. The van der Waals surface area contributed by atoms with Gasteiger partial charge in [0, 0.05) is 6.54 Å². The van der Waals surface area contributed by atoms with E-state index in [4.69, 9.17) is 4.74 Å². The lowest BCUT2D eigenvalue weighted by molar-refractivity contribution is -0.120. The number of nitrogens with one attached hydrogen (secondary N) is 1. The molecule has 1 N–H and O–H groups in total. The average molecular weight is 315 g/mol. The van der Waals surface area contributed by atoms with Gasteiger partial charge in [-0.05, 0) is 44.2 Å². The zero-order valence-electron chi connectivity index (χ0n) is 13.0. The largest absolute Gasteiger partial charge is 0.488 e. The minimum absolute atomic E-state index is 0.0193. The highest BCUT2D eigenvalue weighted by molar-refractivity contribution is 5.97. The van der Waals surface area contributed by atoms with Crippen molar-refractivity contribution in [3.05, 3.63) is 24.3 Å². The molecule has 2 heterocycles. The molecule has 23 heavy (non-hydrogen) atoms. The van der Waals surface area contributed by atoms with E-state index >= 15 is 0 Å². The van der Waals surface area contributed by atoms with Crippen molar-refractivity contribution in [2.75, 3.05) is 11.4 Å². The third kappa shape index (κ3) is 2.62. The molecule has 6 nitrogen and oxygen atoms in total. The molecule has 1 unspecified atom stereocenters. The summed E-state index contributed by atoms with van der Waals surface area (Å²) in [6.45, 7) is 0.611. The van der Waals surface area contributed by atoms with Gasteiger partial charge in [0.05, 0.1) is 24.3 Å². The van der Waals surface area contributed by atoms with Crippen LogP contribution in [0.15, 0.2) is 24.3 Å². The average Bonchev–Trinajstić information content (AvgIpc) is 3.18. The van der Waals surface area contributed by atoms with Gasteiger partial charge < -0.3 is 4.74 Å². The van der Waals surface area contributed by atoms with Crippen molar-refractivity contribution in [3.8, 4) is 5.75 Å². The van der Waals surface area contributed by atoms with Crippen LogP contribution in [0.25, 0.3) is 0 Å². The number of ether oxygens (including phenoxy) is 1. The van der Waals surface area contributed by atoms with Crippen molar-refractivity contribution in [2.24, 2.45) is 0 Å². The smallest absolute Gasteiger partial charge is 0.343 e. The van der Waals surface area contributed by atoms with Gasteiger partial charge in [-0.25, -0.2) is 9.80 Å². The second kappa shape index (κ2) is 5.76. The quantitative estimate of drug-likeness (QED) is 0.932. The molecule has 1 aliphatic carbocycles. The minimum atomic E-state index is -0.172. The zero-order chi connectivity index (χ0) is 15.8. The second-order valence-electron chi connectivity index (χ2n) is 6.48. The fourth-order valence-corrected chi connectivity index (χ4v) is 3.70. The van der Waals surface area contributed by atoms with Crippen LogP contribution in [0, 0.1) is 0 Å². The predicted molar refractivity (Wildman–Crippen MR) is 85.1 cm³/mol. The molecule has 1 aromatic carbocycles. The topological polar surface area (TPSA) is 61.9 Å². The molecule has 3 amide bonds. The van der Waals surface area contributed by atoms with Gasteiger partial charge in [0.1, 0.15) is 5.75 Å². The molecule has 0 radical (unpaired) electrons. The molecule has 2 saturated heterocycles. The summed E-state index contributed by atoms with van der Waals surface area (Å²) in [5, 5.41) is 1.47. The molecular weight excluding hydrogens is 294 g/mol. The summed E-state index contributed by atoms with van der Waals surface area (Å²) < 4.78 is 6.14. The molecule has 1 aromatic rings. The van der Waals surface area contributed by atoms with Crippen molar-refractivity contribution in [2.45, 2.75) is 50.7 Å². The number of rotatable bonds is 3. The van der Waals surface area contributed by atoms with Gasteiger partial charge in [-0.15, -0.1) is 0 Å². The van der Waals surface area contributed by atoms with E-state index in [1.54, 1.807) is 4.90 Å². The molecule has 1 atom stereocenters. The third-order valence-electron chi connectivity index (χ3n) is 4.91. The first kappa shape index (κ1) is 14.4. The normalized spacial score (nSPS) is 24.8. The maximum atomic E-state index is 12.7. The van der Waals surface area contributed by atoms with E-state index in [-0.39, 0.29) is 24.1 Å². The van der Waals surface area contributed by atoms with Gasteiger partial charge in [-0.3, -0.25) is 15.1 Å². The van der Waals surface area contributed by atoms with E-state index < -0.39 is 0 Å². The van der Waals surface area contributed by atoms with Crippen molar-refractivity contribution in [1.29, 1.82) is 0 Å². The van der Waals surface area contributed by atoms with E-state index in [0.717, 1.165) is 30.7 Å². The van der Waals surface area contributed by atoms with Gasteiger partial charge >= 0.3 is 6.03 Å². The highest BCUT2D eigenvalue weighted by atomic mass is 16.5. The van der Waals surface area contributed by atoms with Crippen molar-refractivity contribution >= 4 is 17.6 Å². The standard InChI is InChI=1S/C17H21N3O3/c21-16-11-12-9-10-19(17(22)20(12)18-16)14-7-3-4-8-15(14)23-13-5-1-2-6-13/h3-4,7-8,12-13H,1-2,5-6,9-11H2,(H,18,21). The van der Waals surface area contributed by atoms with E-state index in [9.17, 15) is 9.59 Å². The van der Waals surface area contributed by atoms with E-state index in [1.165, 1.54) is 17.9 Å². The summed E-state index contributed by atoms with van der Waals surface area (Å²) in [6.07, 6.45) is 5.99. The van der Waals surface area contributed by atoms with Crippen LogP contribution < -0.4 is 15.1 Å². The number of amides is 3. The first-order valence-electron chi connectivity index (χ1n) is 8.38. The molecule has 3 fully saturated rings. The van der Waals surface area contributed by atoms with E-state index in [0.29, 0.717) is 13.0 Å². The molecule has 1 saturated carbocycles. The maximum Gasteiger partial charge on any atom is 0.343 e. The summed E-state index contributed by atoms with van der Waals surface area (Å²) in [7, 11) is 0. The Morgan fingerprint density at radius 3 is 2.70 bits per heavy atom. The van der Waals surface area contributed by atoms with Crippen LogP contribution in [0.4, 0.5) is 10.5 Å². The van der Waals surface area contributed by atoms with Crippen LogP contribution in [-0.4, -0.2) is 35.6 Å². The Hall–Kier alpha value is -2.24. The van der Waals surface area contributed by atoms with Crippen molar-refractivity contribution in [1.82, 2.24) is 10.4 Å². The number of benzene rings is 1. The van der Waals surface area contributed by atoms with E-state index in [2.05, 4.69) is 5.43 Å². The van der Waals surface area contributed by atoms with Crippen LogP contribution in [0.2, 0.25) is 0 Å². The zero-order valence-corrected chi connectivity index (χ0v) is 13.0. The van der Waals surface area contributed by atoms with Gasteiger partial charge in [0.2, 0.25) is 5.91 Å². The number of carbonyl (C=O) groups is 2. The van der Waals surface area contributed by atoms with Crippen LogP contribution in [0.1, 0.15) is 38.5 Å². The molecule has 2 aliphatic heterocycles. The Kier molecular flexibility index (Phi) is 3.59. The summed E-state index contributed by atoms with van der Waals surface area (Å²) in [6, 6.07) is 7.50. The van der Waals surface area contributed by atoms with Crippen LogP contribution in [-0.2, 0) is 4.79 Å². The number of fused-ring (bicyclic) bond motifs is 1. The molecule has 0 spiro atoms. The Labute approximate surface area is 135 Å². The van der Waals surface area contributed by atoms with Gasteiger partial charge in [-0.2, -0.15) is 0 Å². The Balaban J connectivity index is 1.57. The van der Waals surface area contributed by atoms with Crippen LogP contribution >= 0.6 is 0 Å². The first-order valence-corrected chi connectivity index (χ1v) is 8.38. The SMILES string of the molecule is O=C1CC2CCN(c3ccccc3OC3CCCC3)C(=O)N2N1. The number of hydrazine groups is 1. The van der Waals surface area contributed by atoms with Gasteiger partial charge in [0.25, 0.3) is 0 Å². The number of urea groups is 1. The van der Waals surface area contributed by atoms with Crippen molar-refractivity contribution < 1.29 is 14.3 Å². The summed E-state index contributed by atoms with van der Waals surface area (Å²) >= 11 is 0. The summed E-state index contributed by atoms with van der Waals surface area (Å²) in [5.74, 6) is 0.678. The summed E-state index contributed by atoms with van der Waals surface area (Å²) in [4.78, 5) is 26.0. The van der Waals surface area contributed by atoms with Gasteiger partial charge in [-0.1, -0.05) is 12.1 Å². The number of hydrogen-bond donors (Lipinski definition) is 1. The Morgan fingerprint density at radius 2 is 1.87 bits per heavy atom. The Morgan fingerprint density at radius 1 is 1.09 bits per heavy atom. The van der Waals surface area contributed by atoms with Crippen molar-refractivity contribution in [3.63, 3.8) is 0 Å². The molecular formula is C17H21N3O3. The lowest BCUT2D eigenvalue weighted by Crippen LogP contribution is -2.55. The fourth-order valence-electron chi connectivity index (χ4n) is 3.70. The third-order valence-corrected chi connectivity index (χ3v) is 4.91.